The molecule has 2 amide bonds. The lowest BCUT2D eigenvalue weighted by Crippen LogP contribution is -2.28. The van der Waals surface area contributed by atoms with Crippen LogP contribution in [0.3, 0.4) is 0 Å². The third kappa shape index (κ3) is 6.35. The number of nitrogens with one attached hydrogen (secondary N) is 2. The number of aromatic nitrogens is 1. The number of amides is 2. The molecule has 0 aliphatic carbocycles. The van der Waals surface area contributed by atoms with Gasteiger partial charge in [-0.15, -0.1) is 0 Å². The number of hydrogen-bond acceptors (Lipinski definition) is 4. The number of nitrogens with zero attached hydrogens (tertiary/aromatic N) is 2. The number of rotatable bonds is 8. The van der Waals surface area contributed by atoms with Crippen molar-refractivity contribution in [3.8, 4) is 0 Å². The normalized spacial score (nSPS) is 10.5. The van der Waals surface area contributed by atoms with Gasteiger partial charge in [-0.3, -0.25) is 14.6 Å². The Labute approximate surface area is 148 Å². The molecule has 6 heteroatoms. The Bertz CT molecular complexity index is 702. The van der Waals surface area contributed by atoms with Crippen LogP contribution in [0.5, 0.6) is 0 Å². The van der Waals surface area contributed by atoms with E-state index in [1.165, 1.54) is 0 Å². The fourth-order valence-corrected chi connectivity index (χ4v) is 2.29. The maximum Gasteiger partial charge on any atom is 0.251 e. The Kier molecular flexibility index (Phi) is 7.10. The van der Waals surface area contributed by atoms with Crippen molar-refractivity contribution >= 4 is 11.8 Å². The van der Waals surface area contributed by atoms with Gasteiger partial charge in [0.15, 0.2) is 0 Å². The van der Waals surface area contributed by atoms with Crippen molar-refractivity contribution in [1.82, 2.24) is 20.5 Å². The van der Waals surface area contributed by atoms with Gasteiger partial charge < -0.3 is 15.5 Å². The molecule has 2 N–H and O–H groups in total. The van der Waals surface area contributed by atoms with Crippen LogP contribution in [0.25, 0.3) is 0 Å². The predicted octanol–water partition coefficient (Wildman–Crippen LogP) is 1.69. The first-order valence-corrected chi connectivity index (χ1v) is 8.26. The van der Waals surface area contributed by atoms with Gasteiger partial charge in [-0.1, -0.05) is 6.07 Å². The van der Waals surface area contributed by atoms with Gasteiger partial charge in [0.05, 0.1) is 0 Å². The van der Waals surface area contributed by atoms with Gasteiger partial charge in [-0.2, -0.15) is 0 Å². The molecule has 25 heavy (non-hydrogen) atoms. The summed E-state index contributed by atoms with van der Waals surface area (Å²) in [5.74, 6) is -0.374. The Morgan fingerprint density at radius 3 is 2.28 bits per heavy atom. The Balaban J connectivity index is 1.88. The molecule has 1 heterocycles. The highest BCUT2D eigenvalue weighted by atomic mass is 16.2. The number of benzene rings is 1. The van der Waals surface area contributed by atoms with Gasteiger partial charge in [0, 0.05) is 36.6 Å². The minimum Gasteiger partial charge on any atom is -0.352 e. The molecule has 0 radical (unpaired) electrons. The Morgan fingerprint density at radius 2 is 1.64 bits per heavy atom. The number of carbonyl (C=O) groups excluding carboxylic acids is 2. The molecule has 0 spiro atoms. The molecule has 0 aliphatic heterocycles. The van der Waals surface area contributed by atoms with E-state index in [0.717, 1.165) is 18.5 Å². The molecule has 0 atom stereocenters. The van der Waals surface area contributed by atoms with E-state index in [2.05, 4.69) is 20.5 Å². The summed E-state index contributed by atoms with van der Waals surface area (Å²) in [4.78, 5) is 30.5. The van der Waals surface area contributed by atoms with Crippen LogP contribution in [0.1, 0.15) is 32.7 Å². The molecule has 0 fully saturated rings. The summed E-state index contributed by atoms with van der Waals surface area (Å²) in [6, 6.07) is 10.4. The molecule has 0 unspecified atom stereocenters. The van der Waals surface area contributed by atoms with E-state index < -0.39 is 0 Å². The Hall–Kier alpha value is -2.73. The molecule has 2 rings (SSSR count). The summed E-state index contributed by atoms with van der Waals surface area (Å²) >= 11 is 0. The lowest BCUT2D eigenvalue weighted by molar-refractivity contribution is 0.0950. The SMILES string of the molecule is CN(C)CCCNC(=O)c1cccc(C(=O)NCc2ccncc2)c1. The maximum atomic E-state index is 12.3. The molecule has 1 aromatic heterocycles. The summed E-state index contributed by atoms with van der Waals surface area (Å²) in [7, 11) is 3.99. The smallest absolute Gasteiger partial charge is 0.251 e. The minimum absolute atomic E-state index is 0.164. The van der Waals surface area contributed by atoms with Crippen LogP contribution in [-0.2, 0) is 6.54 Å². The third-order valence-corrected chi connectivity index (χ3v) is 3.66. The van der Waals surface area contributed by atoms with Crippen LogP contribution >= 0.6 is 0 Å². The summed E-state index contributed by atoms with van der Waals surface area (Å²) < 4.78 is 0. The topological polar surface area (TPSA) is 74.3 Å². The van der Waals surface area contributed by atoms with Crippen molar-refractivity contribution < 1.29 is 9.59 Å². The quantitative estimate of drug-likeness (QED) is 0.717. The van der Waals surface area contributed by atoms with Gasteiger partial charge in [-0.05, 0) is 63.0 Å². The molecular weight excluding hydrogens is 316 g/mol. The number of hydrogen-bond donors (Lipinski definition) is 2. The highest BCUT2D eigenvalue weighted by Gasteiger charge is 2.10. The van der Waals surface area contributed by atoms with Crippen LogP contribution in [0, 0.1) is 0 Å². The van der Waals surface area contributed by atoms with E-state index in [0.29, 0.717) is 24.2 Å². The van der Waals surface area contributed by atoms with E-state index in [-0.39, 0.29) is 11.8 Å². The van der Waals surface area contributed by atoms with Gasteiger partial charge in [0.1, 0.15) is 0 Å². The van der Waals surface area contributed by atoms with Gasteiger partial charge in [0.2, 0.25) is 0 Å². The minimum atomic E-state index is -0.209. The van der Waals surface area contributed by atoms with Crippen LogP contribution in [0.4, 0.5) is 0 Å². The fraction of sp³-hybridized carbons (Fsp3) is 0.316. The molecule has 132 valence electrons. The summed E-state index contributed by atoms with van der Waals surface area (Å²) in [5.41, 5.74) is 1.93. The van der Waals surface area contributed by atoms with Crippen LogP contribution in [-0.4, -0.2) is 48.9 Å². The van der Waals surface area contributed by atoms with Crippen molar-refractivity contribution in [3.63, 3.8) is 0 Å². The summed E-state index contributed by atoms with van der Waals surface area (Å²) in [6.07, 6.45) is 4.25. The second kappa shape index (κ2) is 9.54. The van der Waals surface area contributed by atoms with Gasteiger partial charge in [0.25, 0.3) is 11.8 Å². The zero-order valence-corrected chi connectivity index (χ0v) is 14.7. The van der Waals surface area contributed by atoms with E-state index in [1.54, 1.807) is 36.7 Å². The number of carbonyl (C=O) groups is 2. The lowest BCUT2D eigenvalue weighted by Gasteiger charge is -2.10. The molecule has 0 saturated carbocycles. The molecule has 0 saturated heterocycles. The molecule has 6 nitrogen and oxygen atoms in total. The average molecular weight is 340 g/mol. The number of pyridine rings is 1. The molecule has 0 aliphatic rings. The fourth-order valence-electron chi connectivity index (χ4n) is 2.29. The molecule has 0 bridgehead atoms. The van der Waals surface area contributed by atoms with Crippen LogP contribution in [0.2, 0.25) is 0 Å². The second-order valence-corrected chi connectivity index (χ2v) is 6.03. The molecule has 1 aromatic carbocycles. The molecular formula is C19H24N4O2. The monoisotopic (exact) mass is 340 g/mol. The van der Waals surface area contributed by atoms with Crippen molar-refractivity contribution in [1.29, 1.82) is 0 Å². The largest absolute Gasteiger partial charge is 0.352 e. The van der Waals surface area contributed by atoms with Crippen molar-refractivity contribution in [2.45, 2.75) is 13.0 Å². The predicted molar refractivity (Wildman–Crippen MR) is 97.4 cm³/mol. The summed E-state index contributed by atoms with van der Waals surface area (Å²) in [6.45, 7) is 1.94. The molecule has 2 aromatic rings. The second-order valence-electron chi connectivity index (χ2n) is 6.03. The standard InChI is InChI=1S/C19H24N4O2/c1-23(2)12-4-9-21-18(24)16-5-3-6-17(13-16)19(25)22-14-15-7-10-20-11-8-15/h3,5-8,10-11,13H,4,9,12,14H2,1-2H3,(H,21,24)(H,22,25). The van der Waals surface area contributed by atoms with Gasteiger partial charge >= 0.3 is 0 Å². The van der Waals surface area contributed by atoms with E-state index in [4.69, 9.17) is 0 Å². The van der Waals surface area contributed by atoms with Crippen molar-refractivity contribution in [2.24, 2.45) is 0 Å². The highest BCUT2D eigenvalue weighted by Crippen LogP contribution is 2.06. The van der Waals surface area contributed by atoms with E-state index >= 15 is 0 Å². The third-order valence-electron chi connectivity index (χ3n) is 3.66. The van der Waals surface area contributed by atoms with Gasteiger partial charge in [-0.25, -0.2) is 0 Å². The first-order chi connectivity index (χ1) is 12.1. The Morgan fingerprint density at radius 1 is 1.00 bits per heavy atom. The van der Waals surface area contributed by atoms with E-state index in [9.17, 15) is 9.59 Å². The van der Waals surface area contributed by atoms with Crippen LogP contribution in [0.15, 0.2) is 48.8 Å². The summed E-state index contributed by atoms with van der Waals surface area (Å²) in [5, 5.41) is 5.72. The maximum absolute atomic E-state index is 12.3. The van der Waals surface area contributed by atoms with Crippen molar-refractivity contribution in [3.05, 3.63) is 65.5 Å². The first-order valence-electron chi connectivity index (χ1n) is 8.26. The van der Waals surface area contributed by atoms with Crippen LogP contribution < -0.4 is 10.6 Å². The first kappa shape index (κ1) is 18.6. The van der Waals surface area contributed by atoms with E-state index in [1.807, 2.05) is 26.2 Å². The van der Waals surface area contributed by atoms with Crippen molar-refractivity contribution in [2.75, 3.05) is 27.2 Å². The zero-order valence-electron chi connectivity index (χ0n) is 14.7. The highest BCUT2D eigenvalue weighted by molar-refractivity contribution is 5.99. The lowest BCUT2D eigenvalue weighted by atomic mass is 10.1. The zero-order chi connectivity index (χ0) is 18.1. The average Bonchev–Trinajstić information content (AvgIpc) is 2.64.